The van der Waals surface area contributed by atoms with Gasteiger partial charge in [0.05, 0.1) is 0 Å². The Bertz CT molecular complexity index is 866. The smallest absolute Gasteiger partial charge is 0.306 e. The normalized spacial score (nSPS) is 12.5. The minimum Gasteiger partial charge on any atom is -0.461 e. The Morgan fingerprint density at radius 1 is 0.815 bits per heavy atom. The van der Waals surface area contributed by atoms with Crippen molar-refractivity contribution >= 4 is 17.5 Å². The lowest BCUT2D eigenvalue weighted by Crippen LogP contribution is -2.21. The molecule has 0 heterocycles. The van der Waals surface area contributed by atoms with Crippen molar-refractivity contribution in [2.24, 2.45) is 0 Å². The molecule has 1 aliphatic rings. The summed E-state index contributed by atoms with van der Waals surface area (Å²) in [5, 5.41) is 0. The molecule has 27 heavy (non-hydrogen) atoms. The summed E-state index contributed by atoms with van der Waals surface area (Å²) in [5.41, 5.74) is 2.37. The lowest BCUT2D eigenvalue weighted by molar-refractivity contribution is -0.145. The maximum atomic E-state index is 12.7. The number of ether oxygens (including phenoxy) is 1. The van der Waals surface area contributed by atoms with E-state index in [-0.39, 0.29) is 24.1 Å². The predicted molar refractivity (Wildman–Crippen MR) is 103 cm³/mol. The lowest BCUT2D eigenvalue weighted by Gasteiger charge is -2.18. The van der Waals surface area contributed by atoms with Crippen LogP contribution in [0.15, 0.2) is 42.5 Å². The van der Waals surface area contributed by atoms with Crippen LogP contribution in [-0.2, 0) is 16.1 Å². The van der Waals surface area contributed by atoms with Crippen LogP contribution in [0.3, 0.4) is 0 Å². The molecule has 0 saturated heterocycles. The highest BCUT2D eigenvalue weighted by molar-refractivity contribution is 6.28. The quantitative estimate of drug-likeness (QED) is 0.423. The highest BCUT2D eigenvalue weighted by Gasteiger charge is 2.29. The third kappa shape index (κ3) is 4.33. The van der Waals surface area contributed by atoms with Crippen LogP contribution in [0.2, 0.25) is 0 Å². The standard InChI is InChI=1S/C23H24O4/c1-2-3-4-5-6-11-21(24)27-15-16-12-13-19-20(14-16)23(26)18-10-8-7-9-17(18)22(19)25/h7-10,12-14H,2-6,11,15H2,1H3. The van der Waals surface area contributed by atoms with Crippen molar-refractivity contribution in [3.05, 3.63) is 70.3 Å². The van der Waals surface area contributed by atoms with Crippen molar-refractivity contribution in [2.75, 3.05) is 0 Å². The molecule has 3 rings (SSSR count). The molecule has 0 aliphatic heterocycles. The summed E-state index contributed by atoms with van der Waals surface area (Å²) in [4.78, 5) is 37.2. The molecule has 0 saturated carbocycles. The van der Waals surface area contributed by atoms with Crippen LogP contribution in [-0.4, -0.2) is 17.5 Å². The van der Waals surface area contributed by atoms with Gasteiger partial charge >= 0.3 is 5.97 Å². The molecule has 0 atom stereocenters. The lowest BCUT2D eigenvalue weighted by atomic mass is 9.83. The van der Waals surface area contributed by atoms with Gasteiger partial charge in [-0.2, -0.15) is 0 Å². The van der Waals surface area contributed by atoms with Gasteiger partial charge in [-0.25, -0.2) is 0 Å². The Kier molecular flexibility index (Phi) is 6.17. The number of hydrogen-bond acceptors (Lipinski definition) is 4. The highest BCUT2D eigenvalue weighted by Crippen LogP contribution is 2.28. The molecule has 0 unspecified atom stereocenters. The van der Waals surface area contributed by atoms with Crippen molar-refractivity contribution in [1.29, 1.82) is 0 Å². The minimum atomic E-state index is -0.225. The van der Waals surface area contributed by atoms with Gasteiger partial charge in [0.15, 0.2) is 11.6 Å². The number of hydrogen-bond donors (Lipinski definition) is 0. The van der Waals surface area contributed by atoms with Gasteiger partial charge in [-0.1, -0.05) is 62.9 Å². The van der Waals surface area contributed by atoms with Crippen LogP contribution >= 0.6 is 0 Å². The number of rotatable bonds is 8. The van der Waals surface area contributed by atoms with E-state index in [1.165, 1.54) is 12.8 Å². The summed E-state index contributed by atoms with van der Waals surface area (Å²) in [5.74, 6) is -0.530. The van der Waals surface area contributed by atoms with Crippen LogP contribution in [0.4, 0.5) is 0 Å². The van der Waals surface area contributed by atoms with Crippen molar-refractivity contribution in [3.8, 4) is 0 Å². The first-order valence-electron chi connectivity index (χ1n) is 9.58. The molecule has 0 radical (unpaired) electrons. The summed E-state index contributed by atoms with van der Waals surface area (Å²) in [6.45, 7) is 2.27. The summed E-state index contributed by atoms with van der Waals surface area (Å²) in [6.07, 6.45) is 5.81. The second-order valence-corrected chi connectivity index (χ2v) is 6.91. The number of unbranched alkanes of at least 4 members (excludes halogenated alkanes) is 4. The number of carbonyl (C=O) groups excluding carboxylic acids is 3. The Balaban J connectivity index is 1.62. The van der Waals surface area contributed by atoms with E-state index in [1.807, 2.05) is 0 Å². The van der Waals surface area contributed by atoms with Gasteiger partial charge in [-0.05, 0) is 24.1 Å². The van der Waals surface area contributed by atoms with Crippen molar-refractivity contribution in [1.82, 2.24) is 0 Å². The first-order valence-corrected chi connectivity index (χ1v) is 9.58. The van der Waals surface area contributed by atoms with Gasteiger partial charge in [0.25, 0.3) is 0 Å². The zero-order valence-electron chi connectivity index (χ0n) is 15.6. The summed E-state index contributed by atoms with van der Waals surface area (Å²) in [6, 6.07) is 11.9. The molecule has 4 heteroatoms. The molecule has 1 aliphatic carbocycles. The average Bonchev–Trinajstić information content (AvgIpc) is 2.70. The number of carbonyl (C=O) groups is 3. The predicted octanol–water partition coefficient (Wildman–Crippen LogP) is 4.87. The Labute approximate surface area is 159 Å². The van der Waals surface area contributed by atoms with Gasteiger partial charge in [0.2, 0.25) is 0 Å². The molecule has 0 N–H and O–H groups in total. The fraction of sp³-hybridized carbons (Fsp3) is 0.348. The van der Waals surface area contributed by atoms with Crippen LogP contribution in [0.1, 0.15) is 82.9 Å². The third-order valence-corrected chi connectivity index (χ3v) is 4.87. The molecule has 0 fully saturated rings. The zero-order chi connectivity index (χ0) is 19.2. The van der Waals surface area contributed by atoms with E-state index in [4.69, 9.17) is 4.74 Å². The maximum Gasteiger partial charge on any atom is 0.306 e. The van der Waals surface area contributed by atoms with E-state index >= 15 is 0 Å². The van der Waals surface area contributed by atoms with Gasteiger partial charge < -0.3 is 4.74 Å². The van der Waals surface area contributed by atoms with Gasteiger partial charge in [0.1, 0.15) is 6.61 Å². The number of ketones is 2. The topological polar surface area (TPSA) is 60.4 Å². The van der Waals surface area contributed by atoms with E-state index in [9.17, 15) is 14.4 Å². The molecule has 0 bridgehead atoms. The largest absolute Gasteiger partial charge is 0.461 e. The number of esters is 1. The van der Waals surface area contributed by atoms with E-state index < -0.39 is 0 Å². The van der Waals surface area contributed by atoms with Crippen LogP contribution < -0.4 is 0 Å². The number of benzene rings is 2. The van der Waals surface area contributed by atoms with Crippen molar-refractivity contribution < 1.29 is 19.1 Å². The molecular weight excluding hydrogens is 340 g/mol. The molecule has 2 aromatic rings. The second-order valence-electron chi connectivity index (χ2n) is 6.91. The third-order valence-electron chi connectivity index (χ3n) is 4.87. The second kappa shape index (κ2) is 8.76. The average molecular weight is 364 g/mol. The SMILES string of the molecule is CCCCCCCC(=O)OCc1ccc2c(c1)C(=O)c1ccccc1C2=O. The Hall–Kier alpha value is -2.75. The van der Waals surface area contributed by atoms with E-state index in [0.29, 0.717) is 34.2 Å². The zero-order valence-corrected chi connectivity index (χ0v) is 15.6. The van der Waals surface area contributed by atoms with Crippen molar-refractivity contribution in [3.63, 3.8) is 0 Å². The highest BCUT2D eigenvalue weighted by atomic mass is 16.5. The molecule has 0 spiro atoms. The molecule has 0 amide bonds. The first kappa shape index (κ1) is 19.0. The summed E-state index contributed by atoms with van der Waals surface area (Å²) in [7, 11) is 0. The molecule has 4 nitrogen and oxygen atoms in total. The molecule has 140 valence electrons. The van der Waals surface area contributed by atoms with Crippen LogP contribution in [0, 0.1) is 0 Å². The molecule has 2 aromatic carbocycles. The monoisotopic (exact) mass is 364 g/mol. The molecule has 0 aromatic heterocycles. The minimum absolute atomic E-state index is 0.115. The summed E-state index contributed by atoms with van der Waals surface area (Å²) < 4.78 is 5.32. The maximum absolute atomic E-state index is 12.7. The number of fused-ring (bicyclic) bond motifs is 2. The van der Waals surface area contributed by atoms with Crippen molar-refractivity contribution in [2.45, 2.75) is 52.1 Å². The van der Waals surface area contributed by atoms with Gasteiger partial charge in [0, 0.05) is 28.7 Å². The Morgan fingerprint density at radius 2 is 1.44 bits per heavy atom. The van der Waals surface area contributed by atoms with Crippen LogP contribution in [0.25, 0.3) is 0 Å². The van der Waals surface area contributed by atoms with Crippen LogP contribution in [0.5, 0.6) is 0 Å². The van der Waals surface area contributed by atoms with Gasteiger partial charge in [-0.3, -0.25) is 14.4 Å². The van der Waals surface area contributed by atoms with Gasteiger partial charge in [-0.15, -0.1) is 0 Å². The first-order chi connectivity index (χ1) is 13.1. The molecular formula is C23H24O4. The fourth-order valence-corrected chi connectivity index (χ4v) is 3.35. The van der Waals surface area contributed by atoms with E-state index in [2.05, 4.69) is 6.92 Å². The van der Waals surface area contributed by atoms with E-state index in [1.54, 1.807) is 42.5 Å². The Morgan fingerprint density at radius 3 is 2.15 bits per heavy atom. The summed E-state index contributed by atoms with van der Waals surface area (Å²) >= 11 is 0. The fourth-order valence-electron chi connectivity index (χ4n) is 3.35. The van der Waals surface area contributed by atoms with E-state index in [0.717, 1.165) is 19.3 Å².